The molecule has 0 aromatic carbocycles. The SMILES string of the molecule is COC(=O)/C(OC)=C(/C)c1ccco1. The highest BCUT2D eigenvalue weighted by molar-refractivity contribution is 5.94. The second kappa shape index (κ2) is 4.50. The van der Waals surface area contributed by atoms with Crippen molar-refractivity contribution < 1.29 is 18.7 Å². The largest absolute Gasteiger partial charge is 0.490 e. The van der Waals surface area contributed by atoms with Gasteiger partial charge < -0.3 is 13.9 Å². The molecule has 0 fully saturated rings. The Morgan fingerprint density at radius 2 is 2.07 bits per heavy atom. The Hall–Kier alpha value is -1.71. The zero-order valence-corrected chi connectivity index (χ0v) is 8.37. The maximum absolute atomic E-state index is 11.2. The average molecular weight is 196 g/mol. The fourth-order valence-corrected chi connectivity index (χ4v) is 1.09. The highest BCUT2D eigenvalue weighted by atomic mass is 16.6. The summed E-state index contributed by atoms with van der Waals surface area (Å²) in [5, 5.41) is 0. The Labute approximate surface area is 82.1 Å². The van der Waals surface area contributed by atoms with E-state index in [2.05, 4.69) is 4.74 Å². The summed E-state index contributed by atoms with van der Waals surface area (Å²) in [6.45, 7) is 1.73. The van der Waals surface area contributed by atoms with Crippen LogP contribution in [0.1, 0.15) is 12.7 Å². The van der Waals surface area contributed by atoms with Gasteiger partial charge in [0.25, 0.3) is 0 Å². The van der Waals surface area contributed by atoms with Crippen LogP contribution in [-0.2, 0) is 14.3 Å². The van der Waals surface area contributed by atoms with Gasteiger partial charge in [0.1, 0.15) is 5.76 Å². The molecular weight excluding hydrogens is 184 g/mol. The van der Waals surface area contributed by atoms with E-state index in [4.69, 9.17) is 9.15 Å². The third-order valence-electron chi connectivity index (χ3n) is 1.81. The lowest BCUT2D eigenvalue weighted by molar-refractivity contribution is -0.139. The Balaban J connectivity index is 3.06. The van der Waals surface area contributed by atoms with Crippen molar-refractivity contribution in [3.05, 3.63) is 29.9 Å². The minimum Gasteiger partial charge on any atom is -0.490 e. The Kier molecular flexibility index (Phi) is 3.34. The Bertz CT molecular complexity index is 335. The summed E-state index contributed by atoms with van der Waals surface area (Å²) >= 11 is 0. The van der Waals surface area contributed by atoms with Gasteiger partial charge in [-0.05, 0) is 19.1 Å². The van der Waals surface area contributed by atoms with Crippen LogP contribution < -0.4 is 0 Å². The molecule has 0 saturated heterocycles. The number of allylic oxidation sites excluding steroid dienone is 1. The molecule has 0 unspecified atom stereocenters. The molecule has 14 heavy (non-hydrogen) atoms. The molecule has 1 aromatic heterocycles. The van der Waals surface area contributed by atoms with Gasteiger partial charge >= 0.3 is 5.97 Å². The molecular formula is C10H12O4. The van der Waals surface area contributed by atoms with Crippen molar-refractivity contribution in [2.45, 2.75) is 6.92 Å². The molecule has 0 spiro atoms. The molecule has 1 rings (SSSR count). The van der Waals surface area contributed by atoms with E-state index < -0.39 is 5.97 Å². The average Bonchev–Trinajstić information content (AvgIpc) is 2.71. The van der Waals surface area contributed by atoms with E-state index in [9.17, 15) is 4.79 Å². The summed E-state index contributed by atoms with van der Waals surface area (Å²) in [4.78, 5) is 11.2. The van der Waals surface area contributed by atoms with Crippen LogP contribution in [0.2, 0.25) is 0 Å². The van der Waals surface area contributed by atoms with E-state index in [-0.39, 0.29) is 5.76 Å². The first-order valence-electron chi connectivity index (χ1n) is 4.07. The summed E-state index contributed by atoms with van der Waals surface area (Å²) in [5.41, 5.74) is 0.615. The summed E-state index contributed by atoms with van der Waals surface area (Å²) in [6, 6.07) is 3.49. The van der Waals surface area contributed by atoms with Gasteiger partial charge in [0.2, 0.25) is 5.76 Å². The fourth-order valence-electron chi connectivity index (χ4n) is 1.09. The van der Waals surface area contributed by atoms with Gasteiger partial charge in [0.15, 0.2) is 0 Å². The summed E-state index contributed by atoms with van der Waals surface area (Å²) in [7, 11) is 2.72. The van der Waals surface area contributed by atoms with E-state index in [0.29, 0.717) is 11.3 Å². The summed E-state index contributed by atoms with van der Waals surface area (Å²) in [6.07, 6.45) is 1.53. The van der Waals surface area contributed by atoms with Gasteiger partial charge in [-0.15, -0.1) is 0 Å². The minimum atomic E-state index is -0.513. The van der Waals surface area contributed by atoms with Crippen molar-refractivity contribution in [1.29, 1.82) is 0 Å². The maximum Gasteiger partial charge on any atom is 0.373 e. The normalized spacial score (nSPS) is 11.9. The molecule has 0 aliphatic rings. The predicted molar refractivity (Wildman–Crippen MR) is 50.3 cm³/mol. The molecule has 0 amide bonds. The summed E-state index contributed by atoms with van der Waals surface area (Å²) < 4.78 is 14.6. The molecule has 4 nitrogen and oxygen atoms in total. The maximum atomic E-state index is 11.2. The predicted octanol–water partition coefficient (Wildman–Crippen LogP) is 1.83. The number of esters is 1. The highest BCUT2D eigenvalue weighted by Gasteiger charge is 2.16. The van der Waals surface area contributed by atoms with Gasteiger partial charge in [0, 0.05) is 5.57 Å². The Morgan fingerprint density at radius 3 is 2.50 bits per heavy atom. The van der Waals surface area contributed by atoms with Crippen LogP contribution in [0, 0.1) is 0 Å². The molecule has 0 bridgehead atoms. The van der Waals surface area contributed by atoms with Crippen LogP contribution in [0.15, 0.2) is 28.6 Å². The molecule has 0 aliphatic heterocycles. The molecule has 4 heteroatoms. The third kappa shape index (κ3) is 1.96. The minimum absolute atomic E-state index is 0.155. The lowest BCUT2D eigenvalue weighted by Gasteiger charge is -2.06. The number of ether oxygens (including phenoxy) is 2. The zero-order chi connectivity index (χ0) is 10.6. The van der Waals surface area contributed by atoms with Gasteiger partial charge in [-0.1, -0.05) is 0 Å². The first-order valence-corrected chi connectivity index (χ1v) is 4.07. The molecule has 0 saturated carbocycles. The van der Waals surface area contributed by atoms with E-state index in [0.717, 1.165) is 0 Å². The monoisotopic (exact) mass is 196 g/mol. The number of hydrogen-bond acceptors (Lipinski definition) is 4. The van der Waals surface area contributed by atoms with Gasteiger partial charge in [-0.25, -0.2) is 4.79 Å². The van der Waals surface area contributed by atoms with Crippen molar-refractivity contribution in [2.24, 2.45) is 0 Å². The van der Waals surface area contributed by atoms with Crippen molar-refractivity contribution in [3.8, 4) is 0 Å². The number of carbonyl (C=O) groups is 1. The molecule has 1 heterocycles. The second-order valence-corrected chi connectivity index (χ2v) is 2.63. The summed E-state index contributed by atoms with van der Waals surface area (Å²) in [5.74, 6) is 0.233. The van der Waals surface area contributed by atoms with Crippen molar-refractivity contribution in [1.82, 2.24) is 0 Å². The first kappa shape index (κ1) is 10.4. The zero-order valence-electron chi connectivity index (χ0n) is 8.37. The number of rotatable bonds is 3. The van der Waals surface area contributed by atoms with Crippen LogP contribution in [0.5, 0.6) is 0 Å². The quantitative estimate of drug-likeness (QED) is 0.420. The molecule has 0 atom stereocenters. The molecule has 0 N–H and O–H groups in total. The van der Waals surface area contributed by atoms with E-state index in [1.165, 1.54) is 20.5 Å². The Morgan fingerprint density at radius 1 is 1.36 bits per heavy atom. The van der Waals surface area contributed by atoms with Crippen LogP contribution in [0.4, 0.5) is 0 Å². The van der Waals surface area contributed by atoms with Crippen LogP contribution in [-0.4, -0.2) is 20.2 Å². The lowest BCUT2D eigenvalue weighted by atomic mass is 10.2. The van der Waals surface area contributed by atoms with Crippen molar-refractivity contribution in [3.63, 3.8) is 0 Å². The number of methoxy groups -OCH3 is 2. The van der Waals surface area contributed by atoms with Gasteiger partial charge in [0.05, 0.1) is 20.5 Å². The lowest BCUT2D eigenvalue weighted by Crippen LogP contribution is -2.08. The van der Waals surface area contributed by atoms with Gasteiger partial charge in [-0.3, -0.25) is 0 Å². The second-order valence-electron chi connectivity index (χ2n) is 2.63. The van der Waals surface area contributed by atoms with Crippen molar-refractivity contribution in [2.75, 3.05) is 14.2 Å². The topological polar surface area (TPSA) is 48.7 Å². The van der Waals surface area contributed by atoms with Crippen molar-refractivity contribution >= 4 is 11.5 Å². The standard InChI is InChI=1S/C10H12O4/c1-7(8-5-4-6-14-8)9(12-2)10(11)13-3/h4-6H,1-3H3/b9-7+. The smallest absolute Gasteiger partial charge is 0.373 e. The van der Waals surface area contributed by atoms with E-state index in [1.807, 2.05) is 0 Å². The number of carbonyl (C=O) groups excluding carboxylic acids is 1. The number of furan rings is 1. The first-order chi connectivity index (χ1) is 6.70. The molecule has 0 radical (unpaired) electrons. The van der Waals surface area contributed by atoms with Gasteiger partial charge in [-0.2, -0.15) is 0 Å². The van der Waals surface area contributed by atoms with Crippen LogP contribution >= 0.6 is 0 Å². The fraction of sp³-hybridized carbons (Fsp3) is 0.300. The third-order valence-corrected chi connectivity index (χ3v) is 1.81. The van der Waals surface area contributed by atoms with E-state index in [1.54, 1.807) is 19.1 Å². The molecule has 76 valence electrons. The number of hydrogen-bond donors (Lipinski definition) is 0. The molecule has 1 aromatic rings. The highest BCUT2D eigenvalue weighted by Crippen LogP contribution is 2.19. The van der Waals surface area contributed by atoms with E-state index >= 15 is 0 Å². The van der Waals surface area contributed by atoms with Crippen LogP contribution in [0.25, 0.3) is 5.57 Å². The van der Waals surface area contributed by atoms with Crippen LogP contribution in [0.3, 0.4) is 0 Å². The molecule has 0 aliphatic carbocycles.